The van der Waals surface area contributed by atoms with Crippen LogP contribution >= 0.6 is 11.3 Å². The highest BCUT2D eigenvalue weighted by molar-refractivity contribution is 7.13. The minimum atomic E-state index is 0.384. The van der Waals surface area contributed by atoms with Crippen LogP contribution in [0.5, 0.6) is 0 Å². The maximum absolute atomic E-state index is 5.36. The molecule has 0 atom stereocenters. The number of thiazole rings is 1. The van der Waals surface area contributed by atoms with Gasteiger partial charge in [0.2, 0.25) is 0 Å². The van der Waals surface area contributed by atoms with Gasteiger partial charge in [0.1, 0.15) is 0 Å². The van der Waals surface area contributed by atoms with Gasteiger partial charge in [-0.3, -0.25) is 0 Å². The first kappa shape index (κ1) is 6.36. The molecular formula is C6H5N3OS. The molecule has 0 aliphatic rings. The van der Waals surface area contributed by atoms with E-state index in [0.717, 1.165) is 5.01 Å². The highest BCUT2D eigenvalue weighted by Crippen LogP contribution is 2.22. The van der Waals surface area contributed by atoms with Crippen LogP contribution in [-0.2, 0) is 0 Å². The van der Waals surface area contributed by atoms with Crippen molar-refractivity contribution in [2.24, 2.45) is 0 Å². The summed E-state index contributed by atoms with van der Waals surface area (Å²) in [6.07, 6.45) is 1.71. The molecule has 0 saturated heterocycles. The molecule has 0 aromatic carbocycles. The van der Waals surface area contributed by atoms with E-state index in [1.54, 1.807) is 12.3 Å². The Bertz CT molecular complexity index is 340. The van der Waals surface area contributed by atoms with Crippen LogP contribution in [0.1, 0.15) is 0 Å². The molecule has 2 rings (SSSR count). The van der Waals surface area contributed by atoms with E-state index in [9.17, 15) is 0 Å². The molecule has 2 N–H and O–H groups in total. The Morgan fingerprint density at radius 3 is 3.00 bits per heavy atom. The second-order valence-corrected chi connectivity index (χ2v) is 2.85. The van der Waals surface area contributed by atoms with Crippen molar-refractivity contribution < 1.29 is 4.52 Å². The second kappa shape index (κ2) is 2.35. The van der Waals surface area contributed by atoms with E-state index in [1.165, 1.54) is 11.3 Å². The van der Waals surface area contributed by atoms with Crippen LogP contribution in [0, 0.1) is 0 Å². The van der Waals surface area contributed by atoms with Crippen LogP contribution in [0.2, 0.25) is 0 Å². The van der Waals surface area contributed by atoms with Crippen molar-refractivity contribution in [2.75, 3.05) is 5.73 Å². The second-order valence-electron chi connectivity index (χ2n) is 1.95. The molecule has 11 heavy (non-hydrogen) atoms. The Morgan fingerprint density at radius 1 is 1.55 bits per heavy atom. The normalized spacial score (nSPS) is 10.2. The fourth-order valence-corrected chi connectivity index (χ4v) is 1.32. The number of hydrogen-bond acceptors (Lipinski definition) is 5. The molecule has 4 nitrogen and oxygen atoms in total. The van der Waals surface area contributed by atoms with Gasteiger partial charge in [-0.05, 0) is 0 Å². The molecule has 0 amide bonds. The SMILES string of the molecule is Nc1cc(-c2nccs2)on1. The lowest BCUT2D eigenvalue weighted by Gasteiger charge is -1.80. The van der Waals surface area contributed by atoms with E-state index in [1.807, 2.05) is 5.38 Å². The average Bonchev–Trinajstić information content (AvgIpc) is 2.55. The molecule has 0 bridgehead atoms. The van der Waals surface area contributed by atoms with Crippen molar-refractivity contribution in [3.63, 3.8) is 0 Å². The molecule has 2 heterocycles. The summed E-state index contributed by atoms with van der Waals surface area (Å²) in [4.78, 5) is 4.03. The fraction of sp³-hybridized carbons (Fsp3) is 0. The maximum atomic E-state index is 5.36. The number of anilines is 1. The third-order valence-electron chi connectivity index (χ3n) is 1.17. The predicted octanol–water partition coefficient (Wildman–Crippen LogP) is 1.38. The van der Waals surface area contributed by atoms with Crippen molar-refractivity contribution in [2.45, 2.75) is 0 Å². The van der Waals surface area contributed by atoms with Crippen molar-refractivity contribution in [3.8, 4) is 10.8 Å². The third-order valence-corrected chi connectivity index (χ3v) is 1.96. The van der Waals surface area contributed by atoms with E-state index in [-0.39, 0.29) is 0 Å². The topological polar surface area (TPSA) is 64.9 Å². The van der Waals surface area contributed by atoms with Gasteiger partial charge in [0.25, 0.3) is 0 Å². The van der Waals surface area contributed by atoms with E-state index < -0.39 is 0 Å². The summed E-state index contributed by atoms with van der Waals surface area (Å²) in [5.74, 6) is 1.01. The summed E-state index contributed by atoms with van der Waals surface area (Å²) in [6.45, 7) is 0. The maximum Gasteiger partial charge on any atom is 0.197 e. The van der Waals surface area contributed by atoms with Crippen LogP contribution in [-0.4, -0.2) is 10.1 Å². The number of rotatable bonds is 1. The lowest BCUT2D eigenvalue weighted by molar-refractivity contribution is 0.435. The highest BCUT2D eigenvalue weighted by Gasteiger charge is 2.05. The molecule has 2 aromatic rings. The number of aromatic nitrogens is 2. The van der Waals surface area contributed by atoms with Gasteiger partial charge >= 0.3 is 0 Å². The zero-order chi connectivity index (χ0) is 7.68. The third kappa shape index (κ3) is 1.10. The monoisotopic (exact) mass is 167 g/mol. The van der Waals surface area contributed by atoms with Gasteiger partial charge in [-0.2, -0.15) is 0 Å². The van der Waals surface area contributed by atoms with Crippen LogP contribution in [0.3, 0.4) is 0 Å². The molecule has 0 aliphatic carbocycles. The molecule has 0 aliphatic heterocycles. The van der Waals surface area contributed by atoms with Gasteiger partial charge < -0.3 is 10.3 Å². The number of nitrogens with two attached hydrogens (primary N) is 1. The minimum absolute atomic E-state index is 0.384. The van der Waals surface area contributed by atoms with Gasteiger partial charge in [0, 0.05) is 17.6 Å². The van der Waals surface area contributed by atoms with Gasteiger partial charge in [-0.25, -0.2) is 4.98 Å². The van der Waals surface area contributed by atoms with Crippen LogP contribution < -0.4 is 5.73 Å². The lowest BCUT2D eigenvalue weighted by atomic mass is 10.5. The van der Waals surface area contributed by atoms with E-state index >= 15 is 0 Å². The Hall–Kier alpha value is -1.36. The molecule has 2 aromatic heterocycles. The largest absolute Gasteiger partial charge is 0.381 e. The standard InChI is InChI=1S/C6H5N3OS/c7-5-3-4(10-9-5)6-8-1-2-11-6/h1-3H,(H2,7,9). The first-order chi connectivity index (χ1) is 5.36. The van der Waals surface area contributed by atoms with Crippen molar-refractivity contribution in [1.29, 1.82) is 0 Å². The summed E-state index contributed by atoms with van der Waals surface area (Å²) in [5, 5.41) is 6.21. The smallest absolute Gasteiger partial charge is 0.197 e. The minimum Gasteiger partial charge on any atom is -0.381 e. The first-order valence-corrected chi connectivity index (χ1v) is 3.86. The summed E-state index contributed by atoms with van der Waals surface area (Å²) >= 11 is 1.49. The Kier molecular flexibility index (Phi) is 1.36. The highest BCUT2D eigenvalue weighted by atomic mass is 32.1. The van der Waals surface area contributed by atoms with Crippen LogP contribution in [0.25, 0.3) is 10.8 Å². The molecule has 0 radical (unpaired) electrons. The van der Waals surface area contributed by atoms with Crippen molar-refractivity contribution >= 4 is 17.2 Å². The van der Waals surface area contributed by atoms with E-state index in [4.69, 9.17) is 10.3 Å². The molecular weight excluding hydrogens is 162 g/mol. The first-order valence-electron chi connectivity index (χ1n) is 2.98. The zero-order valence-electron chi connectivity index (χ0n) is 5.52. The summed E-state index contributed by atoms with van der Waals surface area (Å²) in [5.41, 5.74) is 5.36. The molecule has 0 spiro atoms. The van der Waals surface area contributed by atoms with Crippen molar-refractivity contribution in [1.82, 2.24) is 10.1 Å². The van der Waals surface area contributed by atoms with Gasteiger partial charge in [0.15, 0.2) is 16.6 Å². The summed E-state index contributed by atoms with van der Waals surface area (Å²) < 4.78 is 4.88. The van der Waals surface area contributed by atoms with Gasteiger partial charge in [-0.1, -0.05) is 5.16 Å². The Morgan fingerprint density at radius 2 is 2.45 bits per heavy atom. The van der Waals surface area contributed by atoms with E-state index in [0.29, 0.717) is 11.6 Å². The summed E-state index contributed by atoms with van der Waals surface area (Å²) in [7, 11) is 0. The number of hydrogen-bond donors (Lipinski definition) is 1. The lowest BCUT2D eigenvalue weighted by Crippen LogP contribution is -1.79. The quantitative estimate of drug-likeness (QED) is 0.696. The van der Waals surface area contributed by atoms with Crippen LogP contribution in [0.15, 0.2) is 22.2 Å². The van der Waals surface area contributed by atoms with Gasteiger partial charge in [-0.15, -0.1) is 11.3 Å². The molecule has 0 unspecified atom stereocenters. The van der Waals surface area contributed by atoms with Crippen LogP contribution in [0.4, 0.5) is 5.82 Å². The number of nitrogen functional groups attached to an aromatic ring is 1. The molecule has 56 valence electrons. The fourth-order valence-electron chi connectivity index (χ4n) is 0.735. The Labute approximate surface area is 66.7 Å². The molecule has 0 saturated carbocycles. The number of nitrogens with zero attached hydrogens (tertiary/aromatic N) is 2. The molecule has 0 fully saturated rings. The molecule has 5 heteroatoms. The Balaban J connectivity index is 2.45. The zero-order valence-corrected chi connectivity index (χ0v) is 6.34. The van der Waals surface area contributed by atoms with Gasteiger partial charge in [0.05, 0.1) is 0 Å². The van der Waals surface area contributed by atoms with Crippen molar-refractivity contribution in [3.05, 3.63) is 17.6 Å². The average molecular weight is 167 g/mol. The summed E-state index contributed by atoms with van der Waals surface area (Å²) in [6, 6.07) is 1.65. The predicted molar refractivity (Wildman–Crippen MR) is 42.0 cm³/mol. The van der Waals surface area contributed by atoms with E-state index in [2.05, 4.69) is 10.1 Å².